The monoisotopic (exact) mass is 348 g/mol. The number of thioether (sulfide) groups is 1. The molecule has 0 aromatic rings. The molecule has 0 aromatic heterocycles. The van der Waals surface area contributed by atoms with Crippen LogP contribution in [0.25, 0.3) is 0 Å². The summed E-state index contributed by atoms with van der Waals surface area (Å²) in [6.07, 6.45) is -0.0991. The maximum Gasteiger partial charge on any atom is 0.317 e. The zero-order valence-electron chi connectivity index (χ0n) is 14.9. The van der Waals surface area contributed by atoms with E-state index < -0.39 is 39.2 Å². The van der Waals surface area contributed by atoms with E-state index in [9.17, 15) is 19.5 Å². The lowest BCUT2D eigenvalue weighted by molar-refractivity contribution is -0.159. The first kappa shape index (κ1) is 21.8. The minimum Gasteiger partial charge on any atom is -0.481 e. The Balaban J connectivity index is 5.44. The molecule has 0 aliphatic rings. The molecule has 2 atom stereocenters. The first-order valence-electron chi connectivity index (χ1n) is 7.37. The van der Waals surface area contributed by atoms with Crippen LogP contribution >= 0.6 is 11.8 Å². The average molecular weight is 348 g/mol. The Hall–Kier alpha value is -1.24. The number of aliphatic carboxylic acids is 2. The predicted molar refractivity (Wildman–Crippen MR) is 89.5 cm³/mol. The average Bonchev–Trinajstić information content (AvgIpc) is 2.33. The van der Waals surface area contributed by atoms with Crippen LogP contribution in [-0.4, -0.2) is 45.2 Å². The van der Waals surface area contributed by atoms with Crippen LogP contribution in [0.5, 0.6) is 0 Å². The van der Waals surface area contributed by atoms with Crippen LogP contribution in [0.2, 0.25) is 0 Å². The fourth-order valence-corrected chi connectivity index (χ4v) is 3.95. The molecule has 0 saturated carbocycles. The van der Waals surface area contributed by atoms with Gasteiger partial charge in [-0.3, -0.25) is 14.4 Å². The predicted octanol–water partition coefficient (Wildman–Crippen LogP) is 3.04. The summed E-state index contributed by atoms with van der Waals surface area (Å²) in [5.41, 5.74) is -1.23. The van der Waals surface area contributed by atoms with Crippen LogP contribution in [-0.2, 0) is 19.1 Å². The Labute approximate surface area is 142 Å². The molecule has 0 aliphatic heterocycles. The lowest BCUT2D eigenvalue weighted by Gasteiger charge is -2.44. The summed E-state index contributed by atoms with van der Waals surface area (Å²) in [6, 6.07) is 0. The number of hydrogen-bond acceptors (Lipinski definition) is 5. The van der Waals surface area contributed by atoms with Crippen molar-refractivity contribution in [3.05, 3.63) is 0 Å². The molecule has 0 bridgehead atoms. The normalized spacial score (nSPS) is 16.3. The van der Waals surface area contributed by atoms with Crippen molar-refractivity contribution in [1.29, 1.82) is 0 Å². The van der Waals surface area contributed by atoms with E-state index in [-0.39, 0.29) is 5.97 Å². The third-order valence-electron chi connectivity index (χ3n) is 4.17. The van der Waals surface area contributed by atoms with Crippen molar-refractivity contribution in [2.24, 2.45) is 10.8 Å². The minimum atomic E-state index is -1.17. The molecule has 0 heterocycles. The molecule has 0 aromatic carbocycles. The number of esters is 1. The fraction of sp³-hybridized carbons (Fsp3) is 0.812. The molecule has 0 fully saturated rings. The van der Waals surface area contributed by atoms with Crippen LogP contribution in [0.15, 0.2) is 0 Å². The summed E-state index contributed by atoms with van der Waals surface area (Å²) >= 11 is 1.07. The number of carbonyl (C=O) groups excluding carboxylic acids is 1. The van der Waals surface area contributed by atoms with Crippen molar-refractivity contribution in [2.45, 2.75) is 64.4 Å². The Bertz CT molecular complexity index is 466. The van der Waals surface area contributed by atoms with Gasteiger partial charge in [-0.1, -0.05) is 34.6 Å². The molecule has 0 rings (SSSR count). The molecular weight excluding hydrogens is 320 g/mol. The van der Waals surface area contributed by atoms with E-state index in [4.69, 9.17) is 9.84 Å². The van der Waals surface area contributed by atoms with Crippen molar-refractivity contribution < 1.29 is 29.3 Å². The standard InChI is InChI=1S/C16H28O6S/c1-14(2,3)16(6,13(21)22-7)9-15(4,5)23-10(12(19)20)8-11(17)18/h10H,8-9H2,1-7H3,(H,17,18)(H,19,20). The zero-order chi connectivity index (χ0) is 18.6. The quantitative estimate of drug-likeness (QED) is 0.650. The largest absolute Gasteiger partial charge is 0.481 e. The van der Waals surface area contributed by atoms with Crippen LogP contribution in [0, 0.1) is 10.8 Å². The van der Waals surface area contributed by atoms with Gasteiger partial charge in [-0.25, -0.2) is 0 Å². The summed E-state index contributed by atoms with van der Waals surface area (Å²) in [5, 5.41) is 17.0. The second-order valence-electron chi connectivity index (χ2n) is 7.55. The lowest BCUT2D eigenvalue weighted by atomic mass is 9.64. The Morgan fingerprint density at radius 2 is 1.52 bits per heavy atom. The van der Waals surface area contributed by atoms with Crippen LogP contribution in [0.4, 0.5) is 0 Å². The molecule has 2 N–H and O–H groups in total. The molecule has 0 amide bonds. The Kier molecular flexibility index (Phi) is 7.15. The van der Waals surface area contributed by atoms with Crippen molar-refractivity contribution in [1.82, 2.24) is 0 Å². The maximum atomic E-state index is 12.3. The summed E-state index contributed by atoms with van der Waals surface area (Å²) < 4.78 is 4.33. The molecule has 0 aliphatic carbocycles. The van der Waals surface area contributed by atoms with Gasteiger partial charge < -0.3 is 14.9 Å². The van der Waals surface area contributed by atoms with Crippen LogP contribution in [0.1, 0.15) is 54.4 Å². The first-order chi connectivity index (χ1) is 10.2. The third kappa shape index (κ3) is 6.05. The smallest absolute Gasteiger partial charge is 0.317 e. The van der Waals surface area contributed by atoms with Gasteiger partial charge in [0.05, 0.1) is 18.9 Å². The topological polar surface area (TPSA) is 101 Å². The van der Waals surface area contributed by atoms with Gasteiger partial charge in [0.1, 0.15) is 5.25 Å². The summed E-state index contributed by atoms with van der Waals surface area (Å²) in [5.74, 6) is -2.68. The Morgan fingerprint density at radius 3 is 1.83 bits per heavy atom. The van der Waals surface area contributed by atoms with E-state index in [0.29, 0.717) is 6.42 Å². The summed E-state index contributed by atoms with van der Waals surface area (Å²) in [6.45, 7) is 11.2. The van der Waals surface area contributed by atoms with Gasteiger partial charge in [0.15, 0.2) is 0 Å². The number of carbonyl (C=O) groups is 3. The number of carboxylic acid groups (broad SMARTS) is 2. The van der Waals surface area contributed by atoms with E-state index in [1.807, 2.05) is 34.6 Å². The van der Waals surface area contributed by atoms with Gasteiger partial charge in [0.25, 0.3) is 0 Å². The summed E-state index contributed by atoms with van der Waals surface area (Å²) in [7, 11) is 1.33. The lowest BCUT2D eigenvalue weighted by Crippen LogP contribution is -2.46. The molecule has 0 saturated heterocycles. The number of methoxy groups -OCH3 is 1. The van der Waals surface area contributed by atoms with Gasteiger partial charge in [0, 0.05) is 4.75 Å². The Morgan fingerprint density at radius 1 is 1.04 bits per heavy atom. The SMILES string of the molecule is COC(=O)C(C)(CC(C)(C)SC(CC(=O)O)C(=O)O)C(C)(C)C. The van der Waals surface area contributed by atoms with E-state index in [2.05, 4.69) is 0 Å². The van der Waals surface area contributed by atoms with Gasteiger partial charge in [0.2, 0.25) is 0 Å². The van der Waals surface area contributed by atoms with Gasteiger partial charge in [-0.15, -0.1) is 11.8 Å². The van der Waals surface area contributed by atoms with Crippen molar-refractivity contribution in [2.75, 3.05) is 7.11 Å². The van der Waals surface area contributed by atoms with Crippen molar-refractivity contribution in [3.63, 3.8) is 0 Å². The zero-order valence-corrected chi connectivity index (χ0v) is 15.7. The third-order valence-corrected chi connectivity index (χ3v) is 5.60. The minimum absolute atomic E-state index is 0.358. The number of carboxylic acids is 2. The highest BCUT2D eigenvalue weighted by atomic mass is 32.2. The number of rotatable bonds is 8. The van der Waals surface area contributed by atoms with E-state index in [1.54, 1.807) is 6.92 Å². The maximum absolute atomic E-state index is 12.3. The molecule has 0 spiro atoms. The molecular formula is C16H28O6S. The first-order valence-corrected chi connectivity index (χ1v) is 8.25. The molecule has 6 nitrogen and oxygen atoms in total. The van der Waals surface area contributed by atoms with Gasteiger partial charge >= 0.3 is 17.9 Å². The highest BCUT2D eigenvalue weighted by molar-refractivity contribution is 8.01. The van der Waals surface area contributed by atoms with E-state index in [1.165, 1.54) is 7.11 Å². The molecule has 0 radical (unpaired) electrons. The van der Waals surface area contributed by atoms with Crippen molar-refractivity contribution >= 4 is 29.7 Å². The van der Waals surface area contributed by atoms with Crippen molar-refractivity contribution in [3.8, 4) is 0 Å². The fourth-order valence-electron chi connectivity index (χ4n) is 2.48. The molecule has 23 heavy (non-hydrogen) atoms. The molecule has 134 valence electrons. The van der Waals surface area contributed by atoms with Crippen LogP contribution in [0.3, 0.4) is 0 Å². The highest BCUT2D eigenvalue weighted by Gasteiger charge is 2.49. The van der Waals surface area contributed by atoms with Gasteiger partial charge in [-0.05, 0) is 18.8 Å². The highest BCUT2D eigenvalue weighted by Crippen LogP contribution is 2.49. The molecule has 7 heteroatoms. The second-order valence-corrected chi connectivity index (χ2v) is 9.46. The van der Waals surface area contributed by atoms with Crippen LogP contribution < -0.4 is 0 Å². The number of ether oxygens (including phenoxy) is 1. The second kappa shape index (κ2) is 7.55. The number of hydrogen-bond donors (Lipinski definition) is 2. The summed E-state index contributed by atoms with van der Waals surface area (Å²) in [4.78, 5) is 34.5. The van der Waals surface area contributed by atoms with Gasteiger partial charge in [-0.2, -0.15) is 0 Å². The van der Waals surface area contributed by atoms with E-state index in [0.717, 1.165) is 11.8 Å². The van der Waals surface area contributed by atoms with E-state index >= 15 is 0 Å². The molecule has 2 unspecified atom stereocenters.